The van der Waals surface area contributed by atoms with Crippen molar-refractivity contribution >= 4 is 30.1 Å². The number of hydrogen-bond donors (Lipinski definition) is 2. The first-order valence-corrected chi connectivity index (χ1v) is 7.70. The molecule has 1 amide bonds. The summed E-state index contributed by atoms with van der Waals surface area (Å²) in [6.07, 6.45) is 0. The quantitative estimate of drug-likeness (QED) is 0.531. The number of primary amides is 1. The molecule has 0 spiro atoms. The van der Waals surface area contributed by atoms with E-state index in [1.54, 1.807) is 6.92 Å². The second-order valence-corrected chi connectivity index (χ2v) is 6.49. The third kappa shape index (κ3) is 6.80. The molecule has 9 heteroatoms. The fraction of sp³-hybridized carbons (Fsp3) is 0.222. The van der Waals surface area contributed by atoms with Gasteiger partial charge < -0.3 is 0 Å². The molecule has 1 aromatic carbocycles. The molecule has 3 N–H and O–H groups in total. The van der Waals surface area contributed by atoms with Crippen LogP contribution >= 0.6 is 0 Å². The van der Waals surface area contributed by atoms with Crippen molar-refractivity contribution in [1.29, 1.82) is 0 Å². The van der Waals surface area contributed by atoms with Gasteiger partial charge >= 0.3 is 154 Å². The molecule has 1 rings (SSSR count). The van der Waals surface area contributed by atoms with E-state index in [1.165, 1.54) is 18.2 Å². The number of nitrogens with two attached hydrogens (primary N) is 1. The van der Waals surface area contributed by atoms with Gasteiger partial charge in [-0.15, -0.1) is 0 Å². The van der Waals surface area contributed by atoms with Crippen LogP contribution in [0.15, 0.2) is 18.2 Å². The van der Waals surface area contributed by atoms with Gasteiger partial charge in [0.2, 0.25) is 0 Å². The number of amides is 1. The van der Waals surface area contributed by atoms with Crippen LogP contribution < -0.4 is 82.7 Å². The van der Waals surface area contributed by atoms with Crippen LogP contribution in [0.3, 0.4) is 0 Å². The van der Waals surface area contributed by atoms with Crippen LogP contribution in [0.5, 0.6) is 0 Å². The molecule has 0 heterocycles. The van der Waals surface area contributed by atoms with Crippen LogP contribution in [0.25, 0.3) is 0 Å². The normalized spacial score (nSPS) is 9.94. The number of carbonyl (C=O) groups excluding carboxylic acids is 1. The van der Waals surface area contributed by atoms with Gasteiger partial charge in [0.1, 0.15) is 0 Å². The van der Waals surface area contributed by atoms with Crippen molar-refractivity contribution in [3.05, 3.63) is 23.8 Å². The standard InChI is InChI=1S/C9H13AsN2O4.2Na/c1-6-2-3-7(10(14,15)16)4-8(6)12-5-9(11)13;;/h2-4,12H,5H2,1H3,(H2,11,13)(H2,14,15,16);;/q;2*+1/p-2. The minimum atomic E-state index is -5.38. The first-order valence-electron chi connectivity index (χ1n) is 4.46. The predicted octanol–water partition coefficient (Wildman–Crippen LogP) is -8.80. The molecule has 0 radical (unpaired) electrons. The third-order valence-corrected chi connectivity index (χ3v) is 3.90. The number of benzene rings is 1. The van der Waals surface area contributed by atoms with Crippen LogP contribution in [-0.2, 0) is 8.53 Å². The maximum absolute atomic E-state index is 10.8. The summed E-state index contributed by atoms with van der Waals surface area (Å²) >= 11 is -5.38. The van der Waals surface area contributed by atoms with Crippen LogP contribution in [0.2, 0.25) is 0 Å². The molecule has 0 saturated heterocycles. The molecule has 0 atom stereocenters. The zero-order valence-electron chi connectivity index (χ0n) is 10.6. The van der Waals surface area contributed by atoms with Crippen molar-refractivity contribution < 1.29 is 75.8 Å². The molecule has 0 aliphatic heterocycles. The van der Waals surface area contributed by atoms with E-state index in [2.05, 4.69) is 5.32 Å². The van der Waals surface area contributed by atoms with E-state index in [4.69, 9.17) is 5.73 Å². The van der Waals surface area contributed by atoms with Gasteiger partial charge in [-0.1, -0.05) is 0 Å². The Morgan fingerprint density at radius 3 is 2.39 bits per heavy atom. The van der Waals surface area contributed by atoms with Crippen molar-refractivity contribution in [1.82, 2.24) is 0 Å². The Balaban J connectivity index is 0. The number of carbonyl (C=O) groups is 1. The first-order chi connectivity index (χ1) is 7.30. The second-order valence-electron chi connectivity index (χ2n) is 3.32. The van der Waals surface area contributed by atoms with E-state index in [1.807, 2.05) is 0 Å². The molecule has 0 aliphatic rings. The smallest absolute Gasteiger partial charge is 1.00 e. The minimum Gasteiger partial charge on any atom is 1.00 e. The van der Waals surface area contributed by atoms with Crippen molar-refractivity contribution in [2.75, 3.05) is 11.9 Å². The van der Waals surface area contributed by atoms with Crippen molar-refractivity contribution in [2.45, 2.75) is 6.92 Å². The van der Waals surface area contributed by atoms with E-state index >= 15 is 0 Å². The van der Waals surface area contributed by atoms with Crippen molar-refractivity contribution in [3.8, 4) is 0 Å². The van der Waals surface area contributed by atoms with Crippen molar-refractivity contribution in [2.24, 2.45) is 5.73 Å². The predicted molar refractivity (Wildman–Crippen MR) is 54.9 cm³/mol. The number of nitrogens with one attached hydrogen (secondary N) is 1. The average Bonchev–Trinajstić information content (AvgIpc) is 2.14. The molecule has 0 aromatic heterocycles. The third-order valence-electron chi connectivity index (χ3n) is 1.99. The average molecular weight is 332 g/mol. The van der Waals surface area contributed by atoms with E-state index < -0.39 is 20.1 Å². The molecular formula is C9H11AsN2Na2O4. The van der Waals surface area contributed by atoms with Crippen LogP contribution in [0.4, 0.5) is 5.69 Å². The Labute approximate surface area is 152 Å². The number of hydrogen-bond acceptors (Lipinski definition) is 5. The van der Waals surface area contributed by atoms with Crippen LogP contribution in [0.1, 0.15) is 5.56 Å². The van der Waals surface area contributed by atoms with Gasteiger partial charge in [-0.25, -0.2) is 0 Å². The largest absolute Gasteiger partial charge is 1.00 e. The molecular weight excluding hydrogens is 321 g/mol. The summed E-state index contributed by atoms with van der Waals surface area (Å²) in [6.45, 7) is 1.61. The summed E-state index contributed by atoms with van der Waals surface area (Å²) in [7, 11) is 0. The van der Waals surface area contributed by atoms with E-state index in [9.17, 15) is 16.7 Å². The number of anilines is 1. The van der Waals surface area contributed by atoms with Gasteiger partial charge in [-0.05, 0) is 0 Å². The maximum Gasteiger partial charge on any atom is 1.00 e. The monoisotopic (exact) mass is 332 g/mol. The Morgan fingerprint density at radius 2 is 1.94 bits per heavy atom. The maximum atomic E-state index is 10.8. The molecule has 6 nitrogen and oxygen atoms in total. The summed E-state index contributed by atoms with van der Waals surface area (Å²) in [5, 5.41) is 2.66. The summed E-state index contributed by atoms with van der Waals surface area (Å²) < 4.78 is 32.3. The van der Waals surface area contributed by atoms with Gasteiger partial charge in [0.25, 0.3) is 0 Å². The molecule has 0 fully saturated rings. The summed E-state index contributed by atoms with van der Waals surface area (Å²) in [5.41, 5.74) is 6.09. The Morgan fingerprint density at radius 1 is 1.39 bits per heavy atom. The van der Waals surface area contributed by atoms with E-state index in [0.717, 1.165) is 5.56 Å². The molecule has 0 bridgehead atoms. The summed E-state index contributed by atoms with van der Waals surface area (Å²) in [6, 6.07) is 3.98. The van der Waals surface area contributed by atoms with E-state index in [0.29, 0.717) is 5.69 Å². The number of rotatable bonds is 4. The second kappa shape index (κ2) is 8.84. The van der Waals surface area contributed by atoms with Crippen LogP contribution in [0, 0.1) is 6.92 Å². The zero-order chi connectivity index (χ0) is 12.3. The van der Waals surface area contributed by atoms with Gasteiger partial charge in [0.15, 0.2) is 0 Å². The summed E-state index contributed by atoms with van der Waals surface area (Å²) in [4.78, 5) is 10.6. The fourth-order valence-electron chi connectivity index (χ4n) is 1.15. The molecule has 0 unspecified atom stereocenters. The Kier molecular flexibility index (Phi) is 10.4. The SMILES string of the molecule is Cc1ccc([As](=O)([O-])[O-])cc1NCC(N)=O.[Na+].[Na+]. The van der Waals surface area contributed by atoms with E-state index in [-0.39, 0.29) is 70.0 Å². The summed E-state index contributed by atoms with van der Waals surface area (Å²) in [5.74, 6) is -0.567. The van der Waals surface area contributed by atoms with Gasteiger partial charge in [0.05, 0.1) is 0 Å². The molecule has 0 saturated carbocycles. The van der Waals surface area contributed by atoms with Gasteiger partial charge in [0, 0.05) is 0 Å². The molecule has 88 valence electrons. The molecule has 18 heavy (non-hydrogen) atoms. The van der Waals surface area contributed by atoms with Crippen LogP contribution in [-0.4, -0.2) is 26.6 Å². The fourth-order valence-corrected chi connectivity index (χ4v) is 2.30. The topological polar surface area (TPSA) is 118 Å². The minimum absolute atomic E-state index is 0. The molecule has 0 aliphatic carbocycles. The van der Waals surface area contributed by atoms with Gasteiger partial charge in [-0.3, -0.25) is 0 Å². The Hall–Kier alpha value is 0.768. The zero-order valence-corrected chi connectivity index (χ0v) is 16.5. The Bertz CT molecular complexity index is 464. The van der Waals surface area contributed by atoms with Crippen molar-refractivity contribution in [3.63, 3.8) is 0 Å². The van der Waals surface area contributed by atoms with Gasteiger partial charge in [-0.2, -0.15) is 0 Å². The first kappa shape index (κ1) is 21.1. The molecule has 1 aromatic rings. The number of aryl methyl sites for hydroxylation is 1.